The number of furan rings is 1. The van der Waals surface area contributed by atoms with Gasteiger partial charge in [0, 0.05) is 5.56 Å². The molecule has 2 heterocycles. The highest BCUT2D eigenvalue weighted by atomic mass is 35.5. The Morgan fingerprint density at radius 2 is 2.00 bits per heavy atom. The molecule has 1 aliphatic heterocycles. The van der Waals surface area contributed by atoms with E-state index in [1.165, 1.54) is 0 Å². The van der Waals surface area contributed by atoms with Crippen LogP contribution in [0.3, 0.4) is 0 Å². The highest BCUT2D eigenvalue weighted by Crippen LogP contribution is 2.41. The van der Waals surface area contributed by atoms with E-state index in [2.05, 4.69) is 10.3 Å². The number of hydrogen-bond donors (Lipinski definition) is 1. The van der Waals surface area contributed by atoms with Gasteiger partial charge in [0.2, 0.25) is 5.88 Å². The molecule has 0 aliphatic carbocycles. The van der Waals surface area contributed by atoms with Crippen molar-refractivity contribution < 1.29 is 4.42 Å². The second-order valence-electron chi connectivity index (χ2n) is 4.13. The summed E-state index contributed by atoms with van der Waals surface area (Å²) in [5.41, 5.74) is 1.58. The van der Waals surface area contributed by atoms with Gasteiger partial charge in [0.15, 0.2) is 5.29 Å². The number of anilines is 1. The fraction of sp³-hybridized carbons (Fsp3) is 0.154. The molecule has 0 bridgehead atoms. The van der Waals surface area contributed by atoms with Gasteiger partial charge < -0.3 is 9.73 Å². The van der Waals surface area contributed by atoms with Crippen LogP contribution in [-0.2, 0) is 5.54 Å². The SMILES string of the molecule is CC1(c2ccccc2)N=C(Cl)Nc2occc21. The molecule has 1 unspecified atom stereocenters. The Morgan fingerprint density at radius 3 is 2.76 bits per heavy atom. The van der Waals surface area contributed by atoms with Crippen molar-refractivity contribution in [2.24, 2.45) is 4.99 Å². The van der Waals surface area contributed by atoms with Crippen LogP contribution in [0.4, 0.5) is 5.88 Å². The topological polar surface area (TPSA) is 37.5 Å². The number of hydrogen-bond acceptors (Lipinski definition) is 3. The van der Waals surface area contributed by atoms with Crippen molar-refractivity contribution >= 4 is 22.8 Å². The summed E-state index contributed by atoms with van der Waals surface area (Å²) in [7, 11) is 0. The van der Waals surface area contributed by atoms with Crippen LogP contribution >= 0.6 is 11.6 Å². The van der Waals surface area contributed by atoms with Gasteiger partial charge in [0.25, 0.3) is 0 Å². The fourth-order valence-electron chi connectivity index (χ4n) is 2.15. The molecule has 1 atom stereocenters. The summed E-state index contributed by atoms with van der Waals surface area (Å²) >= 11 is 6.01. The third kappa shape index (κ3) is 1.54. The van der Waals surface area contributed by atoms with E-state index in [1.807, 2.05) is 43.3 Å². The number of fused-ring (bicyclic) bond motifs is 1. The van der Waals surface area contributed by atoms with Crippen LogP contribution in [0, 0.1) is 0 Å². The smallest absolute Gasteiger partial charge is 0.204 e. The summed E-state index contributed by atoms with van der Waals surface area (Å²) in [6.07, 6.45) is 1.64. The number of rotatable bonds is 1. The molecule has 17 heavy (non-hydrogen) atoms. The first-order valence-electron chi connectivity index (χ1n) is 5.36. The van der Waals surface area contributed by atoms with E-state index in [0.717, 1.165) is 11.1 Å². The van der Waals surface area contributed by atoms with Gasteiger partial charge in [-0.3, -0.25) is 0 Å². The first-order valence-corrected chi connectivity index (χ1v) is 5.74. The number of halogens is 1. The Morgan fingerprint density at radius 1 is 1.24 bits per heavy atom. The Balaban J connectivity index is 2.22. The predicted molar refractivity (Wildman–Crippen MR) is 68.5 cm³/mol. The van der Waals surface area contributed by atoms with Gasteiger partial charge in [-0.2, -0.15) is 0 Å². The van der Waals surface area contributed by atoms with Gasteiger partial charge >= 0.3 is 0 Å². The van der Waals surface area contributed by atoms with Gasteiger partial charge in [-0.1, -0.05) is 30.3 Å². The van der Waals surface area contributed by atoms with Crippen molar-refractivity contribution in [3.63, 3.8) is 0 Å². The second-order valence-corrected chi connectivity index (χ2v) is 4.49. The molecule has 0 amide bonds. The quantitative estimate of drug-likeness (QED) is 0.782. The molecule has 3 rings (SSSR count). The van der Waals surface area contributed by atoms with Crippen molar-refractivity contribution in [2.75, 3.05) is 5.32 Å². The summed E-state index contributed by atoms with van der Waals surface area (Å²) in [4.78, 5) is 4.51. The van der Waals surface area contributed by atoms with Crippen molar-refractivity contribution in [3.05, 3.63) is 53.8 Å². The Bertz CT molecular complexity index is 576. The van der Waals surface area contributed by atoms with Crippen LogP contribution in [0.2, 0.25) is 0 Å². The lowest BCUT2D eigenvalue weighted by molar-refractivity contribution is 0.553. The third-order valence-electron chi connectivity index (χ3n) is 3.06. The Hall–Kier alpha value is -1.74. The van der Waals surface area contributed by atoms with E-state index in [9.17, 15) is 0 Å². The molecule has 86 valence electrons. The summed E-state index contributed by atoms with van der Waals surface area (Å²) < 4.78 is 5.37. The zero-order valence-electron chi connectivity index (χ0n) is 9.27. The first kappa shape index (κ1) is 10.4. The standard InChI is InChI=1S/C13H11ClN2O/c1-13(9-5-3-2-4-6-9)10-7-8-17-11(10)15-12(14)16-13/h2-8H,1H3,(H,15,16). The maximum absolute atomic E-state index is 6.01. The Kier molecular flexibility index (Phi) is 2.23. The van der Waals surface area contributed by atoms with Gasteiger partial charge in [-0.25, -0.2) is 4.99 Å². The van der Waals surface area contributed by atoms with Gasteiger partial charge in [0.05, 0.1) is 6.26 Å². The lowest BCUT2D eigenvalue weighted by Gasteiger charge is -2.29. The molecule has 1 N–H and O–H groups in total. The zero-order chi connectivity index (χ0) is 11.9. The van der Waals surface area contributed by atoms with Crippen LogP contribution in [0.1, 0.15) is 18.1 Å². The largest absolute Gasteiger partial charge is 0.448 e. The van der Waals surface area contributed by atoms with Gasteiger partial charge in [-0.15, -0.1) is 0 Å². The summed E-state index contributed by atoms with van der Waals surface area (Å²) in [6.45, 7) is 2.03. The molecule has 0 saturated carbocycles. The van der Waals surface area contributed by atoms with E-state index < -0.39 is 5.54 Å². The minimum absolute atomic E-state index is 0.346. The van der Waals surface area contributed by atoms with Crippen LogP contribution < -0.4 is 5.32 Å². The molecule has 3 nitrogen and oxygen atoms in total. The summed E-state index contributed by atoms with van der Waals surface area (Å²) in [5.74, 6) is 0.663. The highest BCUT2D eigenvalue weighted by molar-refractivity contribution is 6.67. The third-order valence-corrected chi connectivity index (χ3v) is 3.24. The average molecular weight is 247 g/mol. The molecule has 1 aliphatic rings. The molecule has 0 spiro atoms. The number of aliphatic imine (C=N–C) groups is 1. The molecule has 1 aromatic heterocycles. The van der Waals surface area contributed by atoms with Crippen molar-refractivity contribution in [3.8, 4) is 0 Å². The van der Waals surface area contributed by atoms with E-state index in [4.69, 9.17) is 16.0 Å². The number of nitrogens with one attached hydrogen (secondary N) is 1. The van der Waals surface area contributed by atoms with E-state index in [-0.39, 0.29) is 0 Å². The molecule has 2 aromatic rings. The number of benzene rings is 1. The second kappa shape index (κ2) is 3.64. The molecular formula is C13H11ClN2O. The average Bonchev–Trinajstić information content (AvgIpc) is 2.79. The summed E-state index contributed by atoms with van der Waals surface area (Å²) in [5, 5.41) is 3.26. The fourth-order valence-corrected chi connectivity index (χ4v) is 2.41. The summed E-state index contributed by atoms with van der Waals surface area (Å²) in [6, 6.07) is 12.0. The highest BCUT2D eigenvalue weighted by Gasteiger charge is 2.36. The van der Waals surface area contributed by atoms with Crippen LogP contribution in [-0.4, -0.2) is 5.29 Å². The van der Waals surface area contributed by atoms with E-state index in [1.54, 1.807) is 6.26 Å². The van der Waals surface area contributed by atoms with Crippen molar-refractivity contribution in [1.29, 1.82) is 0 Å². The molecule has 0 radical (unpaired) electrons. The number of amidine groups is 1. The molecular weight excluding hydrogens is 236 g/mol. The molecule has 0 fully saturated rings. The van der Waals surface area contributed by atoms with Crippen LogP contribution in [0.5, 0.6) is 0 Å². The van der Waals surface area contributed by atoms with Crippen LogP contribution in [0.15, 0.2) is 52.1 Å². The maximum Gasteiger partial charge on any atom is 0.204 e. The number of nitrogens with zero attached hydrogens (tertiary/aromatic N) is 1. The van der Waals surface area contributed by atoms with Gasteiger partial charge in [-0.05, 0) is 30.2 Å². The minimum Gasteiger partial charge on any atom is -0.448 e. The minimum atomic E-state index is -0.494. The monoisotopic (exact) mass is 246 g/mol. The molecule has 0 saturated heterocycles. The van der Waals surface area contributed by atoms with Crippen LogP contribution in [0.25, 0.3) is 0 Å². The maximum atomic E-state index is 6.01. The predicted octanol–water partition coefficient (Wildman–Crippen LogP) is 3.56. The lowest BCUT2D eigenvalue weighted by Crippen LogP contribution is -2.28. The lowest BCUT2D eigenvalue weighted by atomic mass is 9.86. The molecule has 1 aromatic carbocycles. The van der Waals surface area contributed by atoms with Crippen molar-refractivity contribution in [1.82, 2.24) is 0 Å². The van der Waals surface area contributed by atoms with E-state index >= 15 is 0 Å². The zero-order valence-corrected chi connectivity index (χ0v) is 10.0. The van der Waals surface area contributed by atoms with E-state index in [0.29, 0.717) is 11.2 Å². The normalized spacial score (nSPS) is 22.6. The first-order chi connectivity index (χ1) is 8.20. The Labute approximate surface area is 104 Å². The van der Waals surface area contributed by atoms with Gasteiger partial charge in [0.1, 0.15) is 5.54 Å². The molecule has 4 heteroatoms. The van der Waals surface area contributed by atoms with Crippen molar-refractivity contribution in [2.45, 2.75) is 12.5 Å².